The largest absolute Gasteiger partial charge is 0.506 e. The van der Waals surface area contributed by atoms with Crippen LogP contribution in [0.2, 0.25) is 0 Å². The molecule has 1 aromatic carbocycles. The lowest BCUT2D eigenvalue weighted by Gasteiger charge is -2.39. The topological polar surface area (TPSA) is 55.8 Å². The molecule has 1 amide bonds. The molecule has 0 spiro atoms. The highest BCUT2D eigenvalue weighted by molar-refractivity contribution is 5.82. The third kappa shape index (κ3) is 4.38. The first kappa shape index (κ1) is 17.6. The normalized spacial score (nSPS) is 17.8. The van der Waals surface area contributed by atoms with Crippen molar-refractivity contribution in [2.45, 2.75) is 45.7 Å². The van der Waals surface area contributed by atoms with Gasteiger partial charge in [0.25, 0.3) is 0 Å². The molecule has 1 atom stereocenters. The van der Waals surface area contributed by atoms with Crippen LogP contribution in [0.25, 0.3) is 0 Å². The molecule has 5 heteroatoms. The van der Waals surface area contributed by atoms with Crippen molar-refractivity contribution >= 4 is 11.6 Å². The van der Waals surface area contributed by atoms with E-state index in [1.165, 1.54) is 0 Å². The fraction of sp³-hybridized carbons (Fsp3) is 0.611. The van der Waals surface area contributed by atoms with Gasteiger partial charge in [-0.3, -0.25) is 9.69 Å². The van der Waals surface area contributed by atoms with E-state index in [1.807, 2.05) is 39.0 Å². The third-order valence-electron chi connectivity index (χ3n) is 4.81. The molecule has 23 heavy (non-hydrogen) atoms. The summed E-state index contributed by atoms with van der Waals surface area (Å²) in [5.74, 6) is 0.407. The van der Waals surface area contributed by atoms with Crippen molar-refractivity contribution in [1.29, 1.82) is 0 Å². The molecular weight excluding hydrogens is 290 g/mol. The Bertz CT molecular complexity index is 537. The highest BCUT2D eigenvalue weighted by atomic mass is 16.3. The summed E-state index contributed by atoms with van der Waals surface area (Å²) in [4.78, 5) is 16.8. The zero-order chi connectivity index (χ0) is 17.0. The molecule has 0 saturated carbocycles. The van der Waals surface area contributed by atoms with Crippen molar-refractivity contribution < 1.29 is 9.90 Å². The smallest absolute Gasteiger partial charge is 0.237 e. The summed E-state index contributed by atoms with van der Waals surface area (Å²) in [7, 11) is 0. The number of nitrogens with one attached hydrogen (secondary N) is 1. The Balaban J connectivity index is 1.91. The summed E-state index contributed by atoms with van der Waals surface area (Å²) in [5.41, 5.74) is 0.708. The number of carbonyl (C=O) groups excluding carboxylic acids is 1. The monoisotopic (exact) mass is 319 g/mol. The molecule has 1 saturated heterocycles. The number of amides is 1. The van der Waals surface area contributed by atoms with Gasteiger partial charge < -0.3 is 15.3 Å². The number of para-hydroxylation sites is 2. The second-order valence-corrected chi connectivity index (χ2v) is 6.91. The Hall–Kier alpha value is -1.75. The van der Waals surface area contributed by atoms with E-state index >= 15 is 0 Å². The van der Waals surface area contributed by atoms with Crippen molar-refractivity contribution in [3.63, 3.8) is 0 Å². The maximum Gasteiger partial charge on any atom is 0.237 e. The standard InChI is InChI=1S/C18H29N3O2/c1-5-18(3,4)19-17(23)14(2)20-10-12-21(13-11-20)15-8-6-7-9-16(15)22/h6-9,14,22H,5,10-13H2,1-4H3,(H,19,23). The first-order chi connectivity index (χ1) is 10.8. The summed E-state index contributed by atoms with van der Waals surface area (Å²) < 4.78 is 0. The minimum Gasteiger partial charge on any atom is -0.506 e. The highest BCUT2D eigenvalue weighted by Gasteiger charge is 2.28. The molecule has 0 bridgehead atoms. The van der Waals surface area contributed by atoms with Crippen molar-refractivity contribution in [2.75, 3.05) is 31.1 Å². The molecule has 0 aliphatic carbocycles. The quantitative estimate of drug-likeness (QED) is 0.874. The predicted molar refractivity (Wildman–Crippen MR) is 93.9 cm³/mol. The van der Waals surface area contributed by atoms with E-state index in [-0.39, 0.29) is 17.5 Å². The van der Waals surface area contributed by atoms with E-state index in [2.05, 4.69) is 22.0 Å². The van der Waals surface area contributed by atoms with Crippen LogP contribution in [0.3, 0.4) is 0 Å². The van der Waals surface area contributed by atoms with Crippen molar-refractivity contribution in [1.82, 2.24) is 10.2 Å². The van der Waals surface area contributed by atoms with Gasteiger partial charge in [0.2, 0.25) is 5.91 Å². The Morgan fingerprint density at radius 1 is 1.26 bits per heavy atom. The number of anilines is 1. The molecule has 0 aromatic heterocycles. The van der Waals surface area contributed by atoms with E-state index in [9.17, 15) is 9.90 Å². The van der Waals surface area contributed by atoms with Gasteiger partial charge in [-0.25, -0.2) is 0 Å². The van der Waals surface area contributed by atoms with Crippen LogP contribution in [0.15, 0.2) is 24.3 Å². The molecule has 0 radical (unpaired) electrons. The average Bonchev–Trinajstić information content (AvgIpc) is 2.54. The van der Waals surface area contributed by atoms with Crippen molar-refractivity contribution in [3.05, 3.63) is 24.3 Å². The molecule has 1 aliphatic rings. The van der Waals surface area contributed by atoms with E-state index in [0.29, 0.717) is 5.75 Å². The molecule has 1 aromatic rings. The molecule has 2 N–H and O–H groups in total. The summed E-state index contributed by atoms with van der Waals surface area (Å²) >= 11 is 0. The van der Waals surface area contributed by atoms with Crippen LogP contribution in [0.5, 0.6) is 5.75 Å². The maximum atomic E-state index is 12.4. The van der Waals surface area contributed by atoms with E-state index < -0.39 is 0 Å². The first-order valence-electron chi connectivity index (χ1n) is 8.43. The van der Waals surface area contributed by atoms with Gasteiger partial charge in [0.05, 0.1) is 11.7 Å². The second kappa shape index (κ2) is 7.21. The predicted octanol–water partition coefficient (Wildman–Crippen LogP) is 2.21. The van der Waals surface area contributed by atoms with Gasteiger partial charge in [0, 0.05) is 31.7 Å². The van der Waals surface area contributed by atoms with Crippen LogP contribution in [-0.2, 0) is 4.79 Å². The van der Waals surface area contributed by atoms with Gasteiger partial charge in [-0.1, -0.05) is 19.1 Å². The molecular formula is C18H29N3O2. The fourth-order valence-electron chi connectivity index (χ4n) is 2.77. The van der Waals surface area contributed by atoms with Crippen molar-refractivity contribution in [2.24, 2.45) is 0 Å². The van der Waals surface area contributed by atoms with Crippen LogP contribution in [0, 0.1) is 0 Å². The number of nitrogens with zero attached hydrogens (tertiary/aromatic N) is 2. The van der Waals surface area contributed by atoms with Crippen molar-refractivity contribution in [3.8, 4) is 5.75 Å². The number of carbonyl (C=O) groups is 1. The van der Waals surface area contributed by atoms with Gasteiger partial charge in [-0.05, 0) is 39.3 Å². The Kier molecular flexibility index (Phi) is 5.52. The lowest BCUT2D eigenvalue weighted by atomic mass is 10.0. The number of hydrogen-bond donors (Lipinski definition) is 2. The number of piperazine rings is 1. The summed E-state index contributed by atoms with van der Waals surface area (Å²) in [6.07, 6.45) is 0.909. The number of phenols is 1. The molecule has 1 aliphatic heterocycles. The minimum atomic E-state index is -0.164. The Labute approximate surface area is 139 Å². The summed E-state index contributed by atoms with van der Waals surface area (Å²) in [6.45, 7) is 11.4. The third-order valence-corrected chi connectivity index (χ3v) is 4.81. The lowest BCUT2D eigenvalue weighted by Crippen LogP contribution is -2.56. The first-order valence-corrected chi connectivity index (χ1v) is 8.43. The molecule has 2 rings (SSSR count). The summed E-state index contributed by atoms with van der Waals surface area (Å²) in [6, 6.07) is 7.28. The Morgan fingerprint density at radius 2 is 1.87 bits per heavy atom. The van der Waals surface area contributed by atoms with Crippen LogP contribution >= 0.6 is 0 Å². The number of hydrogen-bond acceptors (Lipinski definition) is 4. The number of benzene rings is 1. The van der Waals surface area contributed by atoms with Crippen LogP contribution in [0.4, 0.5) is 5.69 Å². The van der Waals surface area contributed by atoms with Crippen LogP contribution in [-0.4, -0.2) is 53.7 Å². The molecule has 1 heterocycles. The number of phenolic OH excluding ortho intramolecular Hbond substituents is 1. The minimum absolute atomic E-state index is 0.0906. The Morgan fingerprint density at radius 3 is 2.43 bits per heavy atom. The van der Waals surface area contributed by atoms with Gasteiger partial charge in [-0.2, -0.15) is 0 Å². The lowest BCUT2D eigenvalue weighted by molar-refractivity contribution is -0.127. The van der Waals surface area contributed by atoms with Crippen LogP contribution in [0.1, 0.15) is 34.1 Å². The average molecular weight is 319 g/mol. The highest BCUT2D eigenvalue weighted by Crippen LogP contribution is 2.27. The number of aromatic hydroxyl groups is 1. The second-order valence-electron chi connectivity index (χ2n) is 6.91. The zero-order valence-corrected chi connectivity index (χ0v) is 14.7. The molecule has 1 fully saturated rings. The fourth-order valence-corrected chi connectivity index (χ4v) is 2.77. The maximum absolute atomic E-state index is 12.4. The van der Waals surface area contributed by atoms with E-state index in [4.69, 9.17) is 0 Å². The zero-order valence-electron chi connectivity index (χ0n) is 14.7. The van der Waals surface area contributed by atoms with Gasteiger partial charge in [-0.15, -0.1) is 0 Å². The number of rotatable bonds is 5. The molecule has 1 unspecified atom stereocenters. The molecule has 128 valence electrons. The van der Waals surface area contributed by atoms with Gasteiger partial charge >= 0.3 is 0 Å². The van der Waals surface area contributed by atoms with Crippen LogP contribution < -0.4 is 10.2 Å². The van der Waals surface area contributed by atoms with E-state index in [1.54, 1.807) is 6.07 Å². The van der Waals surface area contributed by atoms with Gasteiger partial charge in [0.15, 0.2) is 0 Å². The van der Waals surface area contributed by atoms with Gasteiger partial charge in [0.1, 0.15) is 5.75 Å². The summed E-state index contributed by atoms with van der Waals surface area (Å²) in [5, 5.41) is 13.1. The van der Waals surface area contributed by atoms with E-state index in [0.717, 1.165) is 38.3 Å². The molecule has 5 nitrogen and oxygen atoms in total. The SMILES string of the molecule is CCC(C)(C)NC(=O)C(C)N1CCN(c2ccccc2O)CC1.